The lowest BCUT2D eigenvalue weighted by atomic mass is 10.2. The molecule has 0 saturated heterocycles. The molecule has 1 atom stereocenters. The summed E-state index contributed by atoms with van der Waals surface area (Å²) >= 11 is 0. The number of hydrogen-bond donors (Lipinski definition) is 2. The summed E-state index contributed by atoms with van der Waals surface area (Å²) in [6, 6.07) is 9.73. The number of nitrogens with one attached hydrogen (secondary N) is 1. The Hall–Kier alpha value is -1.99. The van der Waals surface area contributed by atoms with Crippen LogP contribution in [0.2, 0.25) is 0 Å². The number of para-hydroxylation sites is 1. The summed E-state index contributed by atoms with van der Waals surface area (Å²) < 4.78 is 6.64. The number of nitrogens with zero attached hydrogens (tertiary/aromatic N) is 4. The number of anilines is 1. The van der Waals surface area contributed by atoms with Crippen LogP contribution in [0.1, 0.15) is 6.42 Å². The largest absolute Gasteiger partial charge is 0.383 e. The molecule has 0 aliphatic heterocycles. The SMILES string of the molecule is COCC(N)CCNc1nnnn1-c1ccccc1. The first-order chi connectivity index (χ1) is 9.31. The number of aromatic nitrogens is 4. The van der Waals surface area contributed by atoms with Crippen LogP contribution < -0.4 is 11.1 Å². The van der Waals surface area contributed by atoms with E-state index in [0.717, 1.165) is 12.1 Å². The predicted molar refractivity (Wildman–Crippen MR) is 72.1 cm³/mol. The number of nitrogens with two attached hydrogens (primary N) is 1. The van der Waals surface area contributed by atoms with Gasteiger partial charge in [0.1, 0.15) is 0 Å². The van der Waals surface area contributed by atoms with Crippen LogP contribution >= 0.6 is 0 Å². The maximum absolute atomic E-state index is 5.85. The highest BCUT2D eigenvalue weighted by Gasteiger charge is 2.08. The van der Waals surface area contributed by atoms with Crippen molar-refractivity contribution >= 4 is 5.95 Å². The summed E-state index contributed by atoms with van der Waals surface area (Å²) in [4.78, 5) is 0. The molecule has 0 fully saturated rings. The van der Waals surface area contributed by atoms with Crippen LogP contribution in [0.4, 0.5) is 5.95 Å². The van der Waals surface area contributed by atoms with E-state index in [-0.39, 0.29) is 6.04 Å². The predicted octanol–water partition coefficient (Wildman–Crippen LogP) is 0.438. The first-order valence-corrected chi connectivity index (χ1v) is 6.13. The fourth-order valence-corrected chi connectivity index (χ4v) is 1.71. The standard InChI is InChI=1S/C12H18N6O/c1-19-9-10(13)7-8-14-12-15-16-17-18(12)11-5-3-2-4-6-11/h2-6,10H,7-9,13H2,1H3,(H,14,15,17). The zero-order valence-corrected chi connectivity index (χ0v) is 10.9. The van der Waals surface area contributed by atoms with Crippen LogP contribution in [0.15, 0.2) is 30.3 Å². The van der Waals surface area contributed by atoms with Crippen molar-refractivity contribution in [1.29, 1.82) is 0 Å². The monoisotopic (exact) mass is 262 g/mol. The smallest absolute Gasteiger partial charge is 0.247 e. The molecule has 0 spiro atoms. The summed E-state index contributed by atoms with van der Waals surface area (Å²) in [7, 11) is 1.64. The van der Waals surface area contributed by atoms with Crippen molar-refractivity contribution in [2.24, 2.45) is 5.73 Å². The van der Waals surface area contributed by atoms with Crippen molar-refractivity contribution in [2.75, 3.05) is 25.6 Å². The van der Waals surface area contributed by atoms with Gasteiger partial charge in [0.05, 0.1) is 12.3 Å². The van der Waals surface area contributed by atoms with Crippen LogP contribution in [0.5, 0.6) is 0 Å². The minimum Gasteiger partial charge on any atom is -0.383 e. The third kappa shape index (κ3) is 3.73. The molecular weight excluding hydrogens is 244 g/mol. The van der Waals surface area contributed by atoms with Gasteiger partial charge in [-0.3, -0.25) is 0 Å². The average Bonchev–Trinajstić information content (AvgIpc) is 2.88. The Morgan fingerprint density at radius 2 is 2.16 bits per heavy atom. The molecule has 0 aliphatic rings. The van der Waals surface area contributed by atoms with E-state index in [9.17, 15) is 0 Å². The molecule has 1 aromatic heterocycles. The molecule has 0 amide bonds. The molecule has 2 aromatic rings. The number of rotatable bonds is 7. The Morgan fingerprint density at radius 1 is 1.37 bits per heavy atom. The van der Waals surface area contributed by atoms with Crippen molar-refractivity contribution in [3.05, 3.63) is 30.3 Å². The fraction of sp³-hybridized carbons (Fsp3) is 0.417. The molecule has 1 unspecified atom stereocenters. The molecule has 0 bridgehead atoms. The molecular formula is C12H18N6O. The maximum Gasteiger partial charge on any atom is 0.247 e. The Bertz CT molecular complexity index is 486. The summed E-state index contributed by atoms with van der Waals surface area (Å²) in [5.74, 6) is 0.607. The van der Waals surface area contributed by atoms with Gasteiger partial charge in [-0.25, -0.2) is 0 Å². The van der Waals surface area contributed by atoms with E-state index in [2.05, 4.69) is 20.8 Å². The highest BCUT2D eigenvalue weighted by molar-refractivity contribution is 5.38. The van der Waals surface area contributed by atoms with Gasteiger partial charge in [-0.1, -0.05) is 23.3 Å². The molecule has 102 valence electrons. The summed E-state index contributed by atoms with van der Waals surface area (Å²) in [5, 5.41) is 14.8. The summed E-state index contributed by atoms with van der Waals surface area (Å²) in [6.45, 7) is 1.24. The third-order valence-corrected chi connectivity index (χ3v) is 2.65. The average molecular weight is 262 g/mol. The van der Waals surface area contributed by atoms with Crippen molar-refractivity contribution in [1.82, 2.24) is 20.2 Å². The van der Waals surface area contributed by atoms with Gasteiger partial charge in [0.2, 0.25) is 5.95 Å². The van der Waals surface area contributed by atoms with Gasteiger partial charge in [0.15, 0.2) is 0 Å². The Balaban J connectivity index is 1.94. The Kier molecular flexibility index (Phi) is 4.82. The molecule has 0 aliphatic carbocycles. The minimum atomic E-state index is 0.0126. The van der Waals surface area contributed by atoms with E-state index in [1.54, 1.807) is 11.8 Å². The zero-order chi connectivity index (χ0) is 13.5. The Morgan fingerprint density at radius 3 is 2.89 bits per heavy atom. The first-order valence-electron chi connectivity index (χ1n) is 6.13. The molecule has 0 radical (unpaired) electrons. The lowest BCUT2D eigenvalue weighted by molar-refractivity contribution is 0.178. The topological polar surface area (TPSA) is 90.9 Å². The van der Waals surface area contributed by atoms with Gasteiger partial charge in [-0.2, -0.15) is 4.68 Å². The van der Waals surface area contributed by atoms with Gasteiger partial charge in [0.25, 0.3) is 0 Å². The molecule has 1 heterocycles. The second-order valence-electron chi connectivity index (χ2n) is 4.18. The fourth-order valence-electron chi connectivity index (χ4n) is 1.71. The number of benzene rings is 1. The van der Waals surface area contributed by atoms with E-state index < -0.39 is 0 Å². The molecule has 2 rings (SSSR count). The quantitative estimate of drug-likeness (QED) is 0.752. The van der Waals surface area contributed by atoms with Gasteiger partial charge in [0, 0.05) is 19.7 Å². The van der Waals surface area contributed by atoms with Gasteiger partial charge in [-0.05, 0) is 29.0 Å². The second kappa shape index (κ2) is 6.81. The van der Waals surface area contributed by atoms with E-state index in [0.29, 0.717) is 19.1 Å². The molecule has 3 N–H and O–H groups in total. The van der Waals surface area contributed by atoms with Crippen molar-refractivity contribution in [3.63, 3.8) is 0 Å². The first kappa shape index (κ1) is 13.4. The number of ether oxygens (including phenoxy) is 1. The highest BCUT2D eigenvalue weighted by Crippen LogP contribution is 2.10. The summed E-state index contributed by atoms with van der Waals surface area (Å²) in [5.41, 5.74) is 6.76. The number of hydrogen-bond acceptors (Lipinski definition) is 6. The molecule has 7 heteroatoms. The summed E-state index contributed by atoms with van der Waals surface area (Å²) in [6.07, 6.45) is 0.787. The lowest BCUT2D eigenvalue weighted by Gasteiger charge is -2.11. The number of methoxy groups -OCH3 is 1. The Labute approximate surface area is 111 Å². The van der Waals surface area contributed by atoms with E-state index in [1.807, 2.05) is 30.3 Å². The van der Waals surface area contributed by atoms with Crippen molar-refractivity contribution < 1.29 is 4.74 Å². The van der Waals surface area contributed by atoms with Crippen LogP contribution in [0.3, 0.4) is 0 Å². The van der Waals surface area contributed by atoms with Crippen LogP contribution in [-0.4, -0.2) is 46.5 Å². The van der Waals surface area contributed by atoms with Gasteiger partial charge >= 0.3 is 0 Å². The van der Waals surface area contributed by atoms with E-state index in [1.165, 1.54) is 0 Å². The molecule has 7 nitrogen and oxygen atoms in total. The normalized spacial score (nSPS) is 12.3. The minimum absolute atomic E-state index is 0.0126. The van der Waals surface area contributed by atoms with E-state index in [4.69, 9.17) is 10.5 Å². The van der Waals surface area contributed by atoms with Crippen LogP contribution in [-0.2, 0) is 4.74 Å². The molecule has 19 heavy (non-hydrogen) atoms. The highest BCUT2D eigenvalue weighted by atomic mass is 16.5. The van der Waals surface area contributed by atoms with Crippen molar-refractivity contribution in [3.8, 4) is 5.69 Å². The zero-order valence-electron chi connectivity index (χ0n) is 10.9. The molecule has 1 aromatic carbocycles. The second-order valence-corrected chi connectivity index (χ2v) is 4.18. The third-order valence-electron chi connectivity index (χ3n) is 2.65. The van der Waals surface area contributed by atoms with Gasteiger partial charge < -0.3 is 15.8 Å². The molecule has 0 saturated carbocycles. The van der Waals surface area contributed by atoms with Crippen molar-refractivity contribution in [2.45, 2.75) is 12.5 Å². The van der Waals surface area contributed by atoms with Gasteiger partial charge in [-0.15, -0.1) is 0 Å². The number of tetrazole rings is 1. The maximum atomic E-state index is 5.85. The van der Waals surface area contributed by atoms with Crippen LogP contribution in [0.25, 0.3) is 5.69 Å². The van der Waals surface area contributed by atoms with E-state index >= 15 is 0 Å². The lowest BCUT2D eigenvalue weighted by Crippen LogP contribution is -2.28. The van der Waals surface area contributed by atoms with Crippen LogP contribution in [0, 0.1) is 0 Å².